The fraction of sp³-hybridized carbons (Fsp3) is 0.647. The van der Waals surface area contributed by atoms with Crippen molar-refractivity contribution < 1.29 is 5.11 Å². The molecule has 1 aromatic rings. The van der Waals surface area contributed by atoms with E-state index in [-0.39, 0.29) is 16.2 Å². The summed E-state index contributed by atoms with van der Waals surface area (Å²) in [6.45, 7) is 17.6. The van der Waals surface area contributed by atoms with E-state index in [9.17, 15) is 5.11 Å². The van der Waals surface area contributed by atoms with Gasteiger partial charge >= 0.3 is 0 Å². The molecule has 0 radical (unpaired) electrons. The second kappa shape index (κ2) is 5.19. The first-order chi connectivity index (χ1) is 8.78. The van der Waals surface area contributed by atoms with Crippen LogP contribution < -0.4 is 5.73 Å². The highest BCUT2D eigenvalue weighted by molar-refractivity contribution is 6.81. The zero-order chi connectivity index (χ0) is 15.9. The molecule has 1 unspecified atom stereocenters. The molecule has 0 heterocycles. The lowest BCUT2D eigenvalue weighted by Gasteiger charge is -2.41. The number of aliphatic hydroxyl groups excluding tert-OH is 1. The monoisotopic (exact) mass is 293 g/mol. The molecular weight excluding hydrogens is 262 g/mol. The van der Waals surface area contributed by atoms with Crippen molar-refractivity contribution >= 4 is 13.8 Å². The van der Waals surface area contributed by atoms with Crippen molar-refractivity contribution in [1.82, 2.24) is 0 Å². The summed E-state index contributed by atoms with van der Waals surface area (Å²) in [5.41, 5.74) is 8.73. The maximum atomic E-state index is 10.8. The van der Waals surface area contributed by atoms with E-state index in [1.807, 2.05) is 12.1 Å². The van der Waals surface area contributed by atoms with E-state index in [1.165, 1.54) is 0 Å². The summed E-state index contributed by atoms with van der Waals surface area (Å²) in [4.78, 5) is 0. The van der Waals surface area contributed by atoms with Gasteiger partial charge < -0.3 is 10.8 Å². The van der Waals surface area contributed by atoms with Gasteiger partial charge in [-0.05, 0) is 27.6 Å². The predicted octanol–water partition coefficient (Wildman–Crippen LogP) is 4.65. The lowest BCUT2D eigenvalue weighted by molar-refractivity contribution is 0.243. The fourth-order valence-electron chi connectivity index (χ4n) is 2.26. The molecule has 0 saturated carbocycles. The number of benzene rings is 1. The van der Waals surface area contributed by atoms with Gasteiger partial charge in [-0.15, -0.1) is 0 Å². The summed E-state index contributed by atoms with van der Waals surface area (Å²) in [6.07, 6.45) is 0. The molecule has 0 bridgehead atoms. The number of nitrogen functional groups attached to an aromatic ring is 1. The molecule has 2 nitrogen and oxygen atoms in total. The van der Waals surface area contributed by atoms with Crippen LogP contribution in [0.2, 0.25) is 18.1 Å². The Morgan fingerprint density at radius 3 is 1.90 bits per heavy atom. The van der Waals surface area contributed by atoms with E-state index in [2.05, 4.69) is 60.7 Å². The maximum absolute atomic E-state index is 10.8. The molecule has 0 aliphatic carbocycles. The summed E-state index contributed by atoms with van der Waals surface area (Å²) in [5, 5.41) is 11.0. The highest BCUT2D eigenvalue weighted by Crippen LogP contribution is 2.44. The van der Waals surface area contributed by atoms with Crippen LogP contribution in [0.4, 0.5) is 5.69 Å². The average molecular weight is 294 g/mol. The number of hydrogen-bond donors (Lipinski definition) is 2. The first-order valence-corrected chi connectivity index (χ1v) is 10.4. The summed E-state index contributed by atoms with van der Waals surface area (Å²) >= 11 is 0. The Labute approximate surface area is 125 Å². The van der Waals surface area contributed by atoms with Crippen LogP contribution in [0.3, 0.4) is 0 Å². The zero-order valence-electron chi connectivity index (χ0n) is 14.3. The molecule has 0 aromatic heterocycles. The lowest BCUT2D eigenvalue weighted by Crippen LogP contribution is -2.44. The summed E-state index contributed by atoms with van der Waals surface area (Å²) in [5.74, 6) is 0. The number of hydrogen-bond acceptors (Lipinski definition) is 2. The van der Waals surface area contributed by atoms with Crippen molar-refractivity contribution in [1.29, 1.82) is 0 Å². The van der Waals surface area contributed by atoms with Crippen molar-refractivity contribution in [3.05, 3.63) is 29.3 Å². The van der Waals surface area contributed by atoms with Crippen LogP contribution in [0, 0.1) is 0 Å². The number of aliphatic hydroxyl groups is 1. The van der Waals surface area contributed by atoms with Gasteiger partial charge in [0, 0.05) is 5.69 Å². The minimum absolute atomic E-state index is 0.0323. The van der Waals surface area contributed by atoms with Crippen molar-refractivity contribution in [3.63, 3.8) is 0 Å². The Bertz CT molecular complexity index is 481. The molecule has 3 N–H and O–H groups in total. The van der Waals surface area contributed by atoms with E-state index >= 15 is 0 Å². The molecule has 1 aromatic carbocycles. The quantitative estimate of drug-likeness (QED) is 0.616. The van der Waals surface area contributed by atoms with E-state index in [4.69, 9.17) is 5.73 Å². The van der Waals surface area contributed by atoms with Crippen LogP contribution in [0.1, 0.15) is 58.4 Å². The second-order valence-electron chi connectivity index (χ2n) is 8.47. The molecule has 0 amide bonds. The normalized spacial score (nSPS) is 15.2. The minimum atomic E-state index is -1.84. The van der Waals surface area contributed by atoms with Crippen LogP contribution in [-0.2, 0) is 5.41 Å². The molecule has 0 saturated heterocycles. The Hall–Kier alpha value is -0.803. The maximum Gasteiger partial charge on any atom is 0.0922 e. The average Bonchev–Trinajstić information content (AvgIpc) is 2.24. The van der Waals surface area contributed by atoms with Crippen LogP contribution in [0.15, 0.2) is 18.2 Å². The van der Waals surface area contributed by atoms with Crippen LogP contribution in [0.25, 0.3) is 0 Å². The molecule has 20 heavy (non-hydrogen) atoms. The van der Waals surface area contributed by atoms with Crippen molar-refractivity contribution in [2.24, 2.45) is 0 Å². The SMILES string of the molecule is CC(C)(C)c1ccc(C(O)[Si](C)(C)C(C)(C)C)cc1N. The van der Waals surface area contributed by atoms with Gasteiger partial charge in [0.2, 0.25) is 0 Å². The van der Waals surface area contributed by atoms with E-state index < -0.39 is 8.07 Å². The summed E-state index contributed by atoms with van der Waals surface area (Å²) in [6, 6.07) is 6.08. The molecule has 0 aliphatic rings. The molecule has 0 fully saturated rings. The smallest absolute Gasteiger partial charge is 0.0922 e. The van der Waals surface area contributed by atoms with Gasteiger partial charge in [-0.25, -0.2) is 0 Å². The minimum Gasteiger partial charge on any atom is -0.398 e. The summed E-state index contributed by atoms with van der Waals surface area (Å²) < 4.78 is 0. The van der Waals surface area contributed by atoms with Gasteiger partial charge in [-0.2, -0.15) is 0 Å². The van der Waals surface area contributed by atoms with Crippen LogP contribution in [0.5, 0.6) is 0 Å². The first kappa shape index (κ1) is 17.2. The van der Waals surface area contributed by atoms with Crippen LogP contribution >= 0.6 is 0 Å². The standard InChI is InChI=1S/C17H31NOSi/c1-16(2,3)13-10-9-12(11-14(13)18)15(19)20(7,8)17(4,5)6/h9-11,15,19H,18H2,1-8H3. The Balaban J connectivity index is 3.21. The topological polar surface area (TPSA) is 46.2 Å². The first-order valence-electron chi connectivity index (χ1n) is 7.36. The second-order valence-corrected chi connectivity index (χ2v) is 14.0. The van der Waals surface area contributed by atoms with E-state index in [1.54, 1.807) is 0 Å². The highest BCUT2D eigenvalue weighted by Gasteiger charge is 2.42. The lowest BCUT2D eigenvalue weighted by atomic mass is 9.85. The van der Waals surface area contributed by atoms with Gasteiger partial charge in [0.15, 0.2) is 0 Å². The third-order valence-corrected chi connectivity index (χ3v) is 10.4. The van der Waals surface area contributed by atoms with Gasteiger partial charge in [0.05, 0.1) is 13.8 Å². The molecule has 1 rings (SSSR count). The molecule has 114 valence electrons. The molecule has 3 heteroatoms. The third kappa shape index (κ3) is 3.26. The number of rotatable bonds is 2. The van der Waals surface area contributed by atoms with E-state index in [0.29, 0.717) is 0 Å². The highest BCUT2D eigenvalue weighted by atomic mass is 28.3. The van der Waals surface area contributed by atoms with E-state index in [0.717, 1.165) is 16.8 Å². The predicted molar refractivity (Wildman–Crippen MR) is 91.7 cm³/mol. The van der Waals surface area contributed by atoms with Gasteiger partial charge in [0.1, 0.15) is 0 Å². The van der Waals surface area contributed by atoms with Gasteiger partial charge in [-0.1, -0.05) is 66.8 Å². The number of anilines is 1. The fourth-order valence-corrected chi connectivity index (χ4v) is 4.09. The summed E-state index contributed by atoms with van der Waals surface area (Å²) in [7, 11) is -1.84. The van der Waals surface area contributed by atoms with Crippen molar-refractivity contribution in [2.75, 3.05) is 5.73 Å². The Morgan fingerprint density at radius 2 is 1.55 bits per heavy atom. The zero-order valence-corrected chi connectivity index (χ0v) is 15.3. The van der Waals surface area contributed by atoms with Crippen molar-refractivity contribution in [3.8, 4) is 0 Å². The molecular formula is C17H31NOSi. The van der Waals surface area contributed by atoms with Crippen molar-refractivity contribution in [2.45, 2.75) is 70.8 Å². The molecule has 1 atom stereocenters. The third-order valence-electron chi connectivity index (χ3n) is 4.82. The van der Waals surface area contributed by atoms with Gasteiger partial charge in [-0.3, -0.25) is 0 Å². The Morgan fingerprint density at radius 1 is 1.05 bits per heavy atom. The van der Waals surface area contributed by atoms with Crippen LogP contribution in [-0.4, -0.2) is 13.2 Å². The molecule has 0 aliphatic heterocycles. The number of nitrogens with two attached hydrogens (primary N) is 1. The largest absolute Gasteiger partial charge is 0.398 e. The Kier molecular flexibility index (Phi) is 4.48. The molecule has 0 spiro atoms. The van der Waals surface area contributed by atoms with Gasteiger partial charge in [0.25, 0.3) is 0 Å².